The summed E-state index contributed by atoms with van der Waals surface area (Å²) in [6, 6.07) is 0.503. The van der Waals surface area contributed by atoms with Gasteiger partial charge in [0.1, 0.15) is 0 Å². The summed E-state index contributed by atoms with van der Waals surface area (Å²) >= 11 is 0. The Balaban J connectivity index is 1.59. The van der Waals surface area contributed by atoms with Crippen molar-refractivity contribution < 1.29 is 18.0 Å². The number of nitrogens with one attached hydrogen (secondary N) is 1. The van der Waals surface area contributed by atoms with Crippen LogP contribution in [0, 0.1) is 17.8 Å². The van der Waals surface area contributed by atoms with Gasteiger partial charge in [-0.05, 0) is 44.6 Å². The Morgan fingerprint density at radius 1 is 1.14 bits per heavy atom. The molecule has 4 unspecified atom stereocenters. The number of fused-ring (bicyclic) bond motifs is 1. The molecule has 0 aromatic heterocycles. The molecule has 120 valence electrons. The fraction of sp³-hybridized carbons (Fsp3) is 0.933. The van der Waals surface area contributed by atoms with Gasteiger partial charge in [-0.25, -0.2) is 0 Å². The SMILES string of the molecule is O=C(C1CCCC(C(F)(F)F)C1)N1CCC2NCCC2C1. The van der Waals surface area contributed by atoms with Crippen LogP contribution in [-0.4, -0.2) is 42.7 Å². The largest absolute Gasteiger partial charge is 0.391 e. The van der Waals surface area contributed by atoms with Crippen molar-refractivity contribution in [2.45, 2.75) is 50.7 Å². The van der Waals surface area contributed by atoms with E-state index in [-0.39, 0.29) is 18.7 Å². The van der Waals surface area contributed by atoms with Gasteiger partial charge < -0.3 is 10.2 Å². The molecule has 0 aromatic rings. The molecule has 3 nitrogen and oxygen atoms in total. The second-order valence-electron chi connectivity index (χ2n) is 6.78. The first-order valence-electron chi connectivity index (χ1n) is 8.04. The lowest BCUT2D eigenvalue weighted by atomic mass is 9.80. The number of alkyl halides is 3. The van der Waals surface area contributed by atoms with Crippen LogP contribution in [0.5, 0.6) is 0 Å². The van der Waals surface area contributed by atoms with Gasteiger partial charge in [-0.15, -0.1) is 0 Å². The number of hydrogen-bond donors (Lipinski definition) is 1. The highest BCUT2D eigenvalue weighted by Gasteiger charge is 2.45. The highest BCUT2D eigenvalue weighted by atomic mass is 19.4. The molecule has 1 N–H and O–H groups in total. The van der Waals surface area contributed by atoms with Crippen LogP contribution in [0.25, 0.3) is 0 Å². The van der Waals surface area contributed by atoms with Gasteiger partial charge in [0.15, 0.2) is 0 Å². The first kappa shape index (κ1) is 15.1. The molecule has 1 aliphatic carbocycles. The Morgan fingerprint density at radius 3 is 2.71 bits per heavy atom. The molecule has 3 fully saturated rings. The minimum Gasteiger partial charge on any atom is -0.342 e. The normalized spacial score (nSPS) is 37.4. The molecule has 2 aliphatic heterocycles. The number of halogens is 3. The number of rotatable bonds is 1. The van der Waals surface area contributed by atoms with Crippen molar-refractivity contribution in [1.29, 1.82) is 0 Å². The summed E-state index contributed by atoms with van der Waals surface area (Å²) < 4.78 is 38.6. The fourth-order valence-electron chi connectivity index (χ4n) is 4.22. The molecule has 21 heavy (non-hydrogen) atoms. The maximum atomic E-state index is 12.9. The van der Waals surface area contributed by atoms with E-state index in [4.69, 9.17) is 0 Å². The zero-order valence-electron chi connectivity index (χ0n) is 12.2. The van der Waals surface area contributed by atoms with Crippen molar-refractivity contribution in [3.63, 3.8) is 0 Å². The first-order valence-corrected chi connectivity index (χ1v) is 8.04. The molecule has 1 amide bonds. The molecule has 0 aromatic carbocycles. The second kappa shape index (κ2) is 5.78. The summed E-state index contributed by atoms with van der Waals surface area (Å²) in [7, 11) is 0. The number of nitrogens with zero attached hydrogens (tertiary/aromatic N) is 1. The highest BCUT2D eigenvalue weighted by Crippen LogP contribution is 2.40. The van der Waals surface area contributed by atoms with E-state index < -0.39 is 18.0 Å². The number of piperidine rings is 1. The van der Waals surface area contributed by atoms with Crippen LogP contribution in [0.4, 0.5) is 13.2 Å². The zero-order valence-corrected chi connectivity index (χ0v) is 12.2. The van der Waals surface area contributed by atoms with Gasteiger partial charge in [0.25, 0.3) is 0 Å². The predicted molar refractivity (Wildman–Crippen MR) is 72.6 cm³/mol. The van der Waals surface area contributed by atoms with E-state index in [1.54, 1.807) is 0 Å². The summed E-state index contributed by atoms with van der Waals surface area (Å²) in [5, 5.41) is 3.44. The maximum absolute atomic E-state index is 12.9. The van der Waals surface area contributed by atoms with E-state index in [9.17, 15) is 18.0 Å². The summed E-state index contributed by atoms with van der Waals surface area (Å²) in [6.45, 7) is 2.42. The second-order valence-corrected chi connectivity index (χ2v) is 6.78. The van der Waals surface area contributed by atoms with Crippen LogP contribution in [0.1, 0.15) is 38.5 Å². The number of hydrogen-bond acceptors (Lipinski definition) is 2. The van der Waals surface area contributed by atoms with E-state index in [0.29, 0.717) is 31.3 Å². The molecular formula is C15H23F3N2O. The zero-order chi connectivity index (χ0) is 15.0. The van der Waals surface area contributed by atoms with Gasteiger partial charge >= 0.3 is 6.18 Å². The summed E-state index contributed by atoms with van der Waals surface area (Å²) in [6.07, 6.45) is -0.833. The molecule has 1 saturated carbocycles. The van der Waals surface area contributed by atoms with Crippen molar-refractivity contribution in [3.05, 3.63) is 0 Å². The maximum Gasteiger partial charge on any atom is 0.391 e. The first-order chi connectivity index (χ1) is 9.95. The van der Waals surface area contributed by atoms with Crippen molar-refractivity contribution in [2.75, 3.05) is 19.6 Å². The number of likely N-dealkylation sites (tertiary alicyclic amines) is 1. The number of amides is 1. The third kappa shape index (κ3) is 3.20. The molecule has 4 atom stereocenters. The van der Waals surface area contributed by atoms with E-state index in [2.05, 4.69) is 5.32 Å². The molecule has 0 radical (unpaired) electrons. The monoisotopic (exact) mass is 304 g/mol. The minimum atomic E-state index is -4.15. The topological polar surface area (TPSA) is 32.3 Å². The van der Waals surface area contributed by atoms with Gasteiger partial charge in [-0.2, -0.15) is 13.2 Å². The van der Waals surface area contributed by atoms with Gasteiger partial charge in [0.2, 0.25) is 5.91 Å². The van der Waals surface area contributed by atoms with Crippen molar-refractivity contribution in [2.24, 2.45) is 17.8 Å². The molecular weight excluding hydrogens is 281 g/mol. The lowest BCUT2D eigenvalue weighted by molar-refractivity contribution is -0.187. The molecule has 6 heteroatoms. The van der Waals surface area contributed by atoms with Crippen molar-refractivity contribution in [3.8, 4) is 0 Å². The van der Waals surface area contributed by atoms with Gasteiger partial charge in [0.05, 0.1) is 5.92 Å². The van der Waals surface area contributed by atoms with Crippen molar-refractivity contribution in [1.82, 2.24) is 10.2 Å². The van der Waals surface area contributed by atoms with Gasteiger partial charge in [0, 0.05) is 25.0 Å². The van der Waals surface area contributed by atoms with Crippen LogP contribution in [-0.2, 0) is 4.79 Å². The molecule has 3 aliphatic rings. The van der Waals surface area contributed by atoms with Crippen molar-refractivity contribution >= 4 is 5.91 Å². The standard InChI is InChI=1S/C15H23F3N2O/c16-15(17,18)12-3-1-2-10(8-12)14(21)20-7-5-13-11(9-20)4-6-19-13/h10-13,19H,1-9H2. The van der Waals surface area contributed by atoms with E-state index >= 15 is 0 Å². The summed E-state index contributed by atoms with van der Waals surface area (Å²) in [4.78, 5) is 14.4. The number of carbonyl (C=O) groups is 1. The summed E-state index contributed by atoms with van der Waals surface area (Å²) in [5.74, 6) is -1.25. The molecule has 2 saturated heterocycles. The Bertz CT molecular complexity index is 399. The quantitative estimate of drug-likeness (QED) is 0.807. The Morgan fingerprint density at radius 2 is 1.95 bits per heavy atom. The molecule has 0 spiro atoms. The van der Waals surface area contributed by atoms with Crippen LogP contribution in [0.3, 0.4) is 0 Å². The Hall–Kier alpha value is -0.780. The fourth-order valence-corrected chi connectivity index (χ4v) is 4.22. The third-order valence-corrected chi connectivity index (χ3v) is 5.45. The lowest BCUT2D eigenvalue weighted by Crippen LogP contribution is -2.49. The molecule has 2 heterocycles. The Kier molecular flexibility index (Phi) is 4.17. The van der Waals surface area contributed by atoms with Crippen LogP contribution >= 0.6 is 0 Å². The average Bonchev–Trinajstić information content (AvgIpc) is 2.93. The van der Waals surface area contributed by atoms with E-state index in [0.717, 1.165) is 25.9 Å². The van der Waals surface area contributed by atoms with Gasteiger partial charge in [-0.3, -0.25) is 4.79 Å². The summed E-state index contributed by atoms with van der Waals surface area (Å²) in [5.41, 5.74) is 0. The van der Waals surface area contributed by atoms with E-state index in [1.165, 1.54) is 0 Å². The smallest absolute Gasteiger partial charge is 0.342 e. The van der Waals surface area contributed by atoms with E-state index in [1.807, 2.05) is 4.90 Å². The van der Waals surface area contributed by atoms with Crippen LogP contribution in [0.15, 0.2) is 0 Å². The van der Waals surface area contributed by atoms with Gasteiger partial charge in [-0.1, -0.05) is 6.42 Å². The molecule has 3 rings (SSSR count). The van der Waals surface area contributed by atoms with Crippen LogP contribution in [0.2, 0.25) is 0 Å². The highest BCUT2D eigenvalue weighted by molar-refractivity contribution is 5.79. The minimum absolute atomic E-state index is 0.00875. The predicted octanol–water partition coefficient (Wildman–Crippen LogP) is 2.57. The Labute approximate surface area is 123 Å². The van der Waals surface area contributed by atoms with Crippen LogP contribution < -0.4 is 5.32 Å². The number of carbonyl (C=O) groups excluding carboxylic acids is 1. The third-order valence-electron chi connectivity index (χ3n) is 5.45. The molecule has 0 bridgehead atoms. The lowest BCUT2D eigenvalue weighted by Gasteiger charge is -2.38. The average molecular weight is 304 g/mol.